The molecule has 1 atom stereocenters. The van der Waals surface area contributed by atoms with E-state index in [1.54, 1.807) is 20.8 Å². The number of alkyl carbamates (subject to hydrolysis) is 1. The molecule has 25 heavy (non-hydrogen) atoms. The fourth-order valence-corrected chi connectivity index (χ4v) is 2.57. The lowest BCUT2D eigenvalue weighted by Crippen LogP contribution is -2.52. The molecule has 8 heteroatoms. The van der Waals surface area contributed by atoms with Crippen LogP contribution in [0, 0.1) is 0 Å². The topological polar surface area (TPSA) is 99.8 Å². The molecule has 0 aromatic heterocycles. The SMILES string of the molecule is C=CCNC(=O)NC(=O)CN1CCCC[C@H]1CNC(=O)OC(C)(C)C. The molecule has 1 saturated heterocycles. The number of imide groups is 1. The van der Waals surface area contributed by atoms with Crippen LogP contribution in [0.5, 0.6) is 0 Å². The summed E-state index contributed by atoms with van der Waals surface area (Å²) < 4.78 is 5.23. The second-order valence-corrected chi connectivity index (χ2v) is 7.05. The molecule has 0 saturated carbocycles. The van der Waals surface area contributed by atoms with Crippen LogP contribution in [0.25, 0.3) is 0 Å². The van der Waals surface area contributed by atoms with Crippen LogP contribution >= 0.6 is 0 Å². The highest BCUT2D eigenvalue weighted by atomic mass is 16.6. The van der Waals surface area contributed by atoms with E-state index in [-0.39, 0.29) is 18.5 Å². The number of carbonyl (C=O) groups excluding carboxylic acids is 3. The van der Waals surface area contributed by atoms with Gasteiger partial charge in [0.15, 0.2) is 0 Å². The fraction of sp³-hybridized carbons (Fsp3) is 0.706. The van der Waals surface area contributed by atoms with Crippen LogP contribution in [0.4, 0.5) is 9.59 Å². The Morgan fingerprint density at radius 2 is 1.96 bits per heavy atom. The molecule has 0 spiro atoms. The number of hydrogen-bond acceptors (Lipinski definition) is 5. The first-order chi connectivity index (χ1) is 11.7. The second-order valence-electron chi connectivity index (χ2n) is 7.05. The van der Waals surface area contributed by atoms with Gasteiger partial charge >= 0.3 is 12.1 Å². The number of amides is 4. The highest BCUT2D eigenvalue weighted by molar-refractivity contribution is 5.95. The molecule has 0 radical (unpaired) electrons. The quantitative estimate of drug-likeness (QED) is 0.626. The van der Waals surface area contributed by atoms with E-state index in [4.69, 9.17) is 4.74 Å². The van der Waals surface area contributed by atoms with Gasteiger partial charge in [-0.2, -0.15) is 0 Å². The maximum absolute atomic E-state index is 12.0. The lowest BCUT2D eigenvalue weighted by molar-refractivity contribution is -0.122. The zero-order valence-electron chi connectivity index (χ0n) is 15.4. The van der Waals surface area contributed by atoms with Crippen molar-refractivity contribution in [2.24, 2.45) is 0 Å². The highest BCUT2D eigenvalue weighted by Gasteiger charge is 2.26. The number of nitrogens with zero attached hydrogens (tertiary/aromatic N) is 1. The van der Waals surface area contributed by atoms with Gasteiger partial charge in [-0.1, -0.05) is 12.5 Å². The Kier molecular flexibility index (Phi) is 8.40. The standard InChI is InChI=1S/C17H30N4O4/c1-5-9-18-15(23)20-14(22)12-21-10-7-6-8-13(21)11-19-16(24)25-17(2,3)4/h5,13H,1,6-12H2,2-4H3,(H,19,24)(H2,18,20,22,23)/t13-/m0/s1. The molecular formula is C17H30N4O4. The number of carbonyl (C=O) groups is 3. The molecule has 8 nitrogen and oxygen atoms in total. The van der Waals surface area contributed by atoms with Crippen LogP contribution in [-0.4, -0.2) is 60.8 Å². The number of urea groups is 1. The lowest BCUT2D eigenvalue weighted by Gasteiger charge is -2.35. The Hall–Kier alpha value is -2.09. The fourth-order valence-electron chi connectivity index (χ4n) is 2.57. The Bertz CT molecular complexity index is 488. The Morgan fingerprint density at radius 1 is 1.24 bits per heavy atom. The van der Waals surface area contributed by atoms with E-state index in [1.165, 1.54) is 6.08 Å². The number of likely N-dealkylation sites (tertiary alicyclic amines) is 1. The molecule has 142 valence electrons. The number of nitrogens with one attached hydrogen (secondary N) is 3. The second kappa shape index (κ2) is 10.0. The van der Waals surface area contributed by atoms with Crippen molar-refractivity contribution in [1.29, 1.82) is 0 Å². The number of hydrogen-bond donors (Lipinski definition) is 3. The summed E-state index contributed by atoms with van der Waals surface area (Å²) in [7, 11) is 0. The van der Waals surface area contributed by atoms with Gasteiger partial charge in [-0.3, -0.25) is 15.0 Å². The van der Waals surface area contributed by atoms with Crippen molar-refractivity contribution >= 4 is 18.0 Å². The smallest absolute Gasteiger partial charge is 0.407 e. The lowest BCUT2D eigenvalue weighted by atomic mass is 10.0. The zero-order valence-corrected chi connectivity index (χ0v) is 15.4. The van der Waals surface area contributed by atoms with Crippen LogP contribution in [0.3, 0.4) is 0 Å². The van der Waals surface area contributed by atoms with Gasteiger partial charge in [0.25, 0.3) is 0 Å². The number of piperidine rings is 1. The van der Waals surface area contributed by atoms with Crippen molar-refractivity contribution < 1.29 is 19.1 Å². The molecule has 0 aromatic rings. The first-order valence-electron chi connectivity index (χ1n) is 8.60. The maximum atomic E-state index is 12.0. The van der Waals surface area contributed by atoms with E-state index in [1.807, 2.05) is 4.90 Å². The summed E-state index contributed by atoms with van der Waals surface area (Å²) in [6, 6.07) is -0.492. The van der Waals surface area contributed by atoms with Crippen molar-refractivity contribution in [2.45, 2.75) is 51.7 Å². The van der Waals surface area contributed by atoms with E-state index < -0.39 is 17.7 Å². The molecule has 4 amide bonds. The summed E-state index contributed by atoms with van der Waals surface area (Å²) in [5.74, 6) is -0.370. The van der Waals surface area contributed by atoms with E-state index >= 15 is 0 Å². The minimum atomic E-state index is -0.547. The average Bonchev–Trinajstić information content (AvgIpc) is 2.50. The largest absolute Gasteiger partial charge is 0.444 e. The monoisotopic (exact) mass is 354 g/mol. The van der Waals surface area contributed by atoms with Gasteiger partial charge in [-0.25, -0.2) is 9.59 Å². The average molecular weight is 354 g/mol. The van der Waals surface area contributed by atoms with Crippen LogP contribution in [0.1, 0.15) is 40.0 Å². The molecule has 0 aliphatic carbocycles. The van der Waals surface area contributed by atoms with Gasteiger partial charge in [0.05, 0.1) is 6.54 Å². The molecular weight excluding hydrogens is 324 g/mol. The molecule has 3 N–H and O–H groups in total. The molecule has 0 unspecified atom stereocenters. The van der Waals surface area contributed by atoms with E-state index in [0.29, 0.717) is 13.1 Å². The van der Waals surface area contributed by atoms with Crippen LogP contribution < -0.4 is 16.0 Å². The third-order valence-electron chi connectivity index (χ3n) is 3.64. The zero-order chi connectivity index (χ0) is 18.9. The Labute approximate surface area is 149 Å². The van der Waals surface area contributed by atoms with Gasteiger partial charge < -0.3 is 15.4 Å². The molecule has 1 fully saturated rings. The molecule has 1 aliphatic heterocycles. The summed E-state index contributed by atoms with van der Waals surface area (Å²) in [6.07, 6.45) is 3.97. The van der Waals surface area contributed by atoms with Gasteiger partial charge in [-0.05, 0) is 40.2 Å². The van der Waals surface area contributed by atoms with Crippen molar-refractivity contribution in [3.8, 4) is 0 Å². The number of ether oxygens (including phenoxy) is 1. The van der Waals surface area contributed by atoms with Crippen molar-refractivity contribution in [1.82, 2.24) is 20.9 Å². The summed E-state index contributed by atoms with van der Waals surface area (Å²) in [4.78, 5) is 37.3. The molecule has 1 aliphatic rings. The van der Waals surface area contributed by atoms with Gasteiger partial charge in [0.2, 0.25) is 5.91 Å². The summed E-state index contributed by atoms with van der Waals surface area (Å²) in [6.45, 7) is 10.5. The van der Waals surface area contributed by atoms with E-state index in [0.717, 1.165) is 25.8 Å². The highest BCUT2D eigenvalue weighted by Crippen LogP contribution is 2.16. The first kappa shape index (κ1) is 21.0. The molecule has 0 aromatic carbocycles. The third kappa shape index (κ3) is 9.09. The van der Waals surface area contributed by atoms with E-state index in [9.17, 15) is 14.4 Å². The van der Waals surface area contributed by atoms with Crippen molar-refractivity contribution in [3.05, 3.63) is 12.7 Å². The van der Waals surface area contributed by atoms with E-state index in [2.05, 4.69) is 22.5 Å². The van der Waals surface area contributed by atoms with Gasteiger partial charge in [-0.15, -0.1) is 6.58 Å². The van der Waals surface area contributed by atoms with Crippen LogP contribution in [-0.2, 0) is 9.53 Å². The van der Waals surface area contributed by atoms with Crippen LogP contribution in [0.2, 0.25) is 0 Å². The molecule has 1 rings (SSSR count). The molecule has 1 heterocycles. The first-order valence-corrected chi connectivity index (χ1v) is 8.60. The van der Waals surface area contributed by atoms with Crippen molar-refractivity contribution in [2.75, 3.05) is 26.2 Å². The molecule has 0 bridgehead atoms. The predicted molar refractivity (Wildman–Crippen MR) is 95.2 cm³/mol. The summed E-state index contributed by atoms with van der Waals surface area (Å²) in [5, 5.41) is 7.54. The maximum Gasteiger partial charge on any atom is 0.407 e. The third-order valence-corrected chi connectivity index (χ3v) is 3.64. The van der Waals surface area contributed by atoms with Crippen LogP contribution in [0.15, 0.2) is 12.7 Å². The predicted octanol–water partition coefficient (Wildman–Crippen LogP) is 1.38. The summed E-state index contributed by atoms with van der Waals surface area (Å²) >= 11 is 0. The minimum absolute atomic E-state index is 0.0447. The normalized spacial score (nSPS) is 18.1. The van der Waals surface area contributed by atoms with Gasteiger partial charge in [0.1, 0.15) is 5.60 Å². The van der Waals surface area contributed by atoms with Crippen molar-refractivity contribution in [3.63, 3.8) is 0 Å². The van der Waals surface area contributed by atoms with Gasteiger partial charge in [0, 0.05) is 19.1 Å². The Balaban J connectivity index is 2.45. The summed E-state index contributed by atoms with van der Waals surface area (Å²) in [5.41, 5.74) is -0.547. The number of rotatable bonds is 6. The Morgan fingerprint density at radius 3 is 2.60 bits per heavy atom. The minimum Gasteiger partial charge on any atom is -0.444 e.